The van der Waals surface area contributed by atoms with Crippen molar-refractivity contribution in [2.24, 2.45) is 7.05 Å². The topological polar surface area (TPSA) is 101 Å². The van der Waals surface area contributed by atoms with E-state index in [4.69, 9.17) is 0 Å². The average molecular weight is 315 g/mol. The number of fused-ring (bicyclic) bond motifs is 1. The summed E-state index contributed by atoms with van der Waals surface area (Å²) < 4.78 is 1.53. The van der Waals surface area contributed by atoms with E-state index in [1.165, 1.54) is 10.8 Å². The Bertz CT molecular complexity index is 863. The van der Waals surface area contributed by atoms with Gasteiger partial charge in [-0.1, -0.05) is 0 Å². The second-order valence-corrected chi connectivity index (χ2v) is 5.54. The molecule has 2 aromatic heterocycles. The highest BCUT2D eigenvalue weighted by Gasteiger charge is 2.23. The van der Waals surface area contributed by atoms with Gasteiger partial charge in [-0.2, -0.15) is 0 Å². The number of hydrogen-bond donors (Lipinski definition) is 1. The SMILES string of the molecule is Cc1nc2c(c(=O)n1C)CCN(C(=O)c1c[nH]c(=O)cn1)CC2. The van der Waals surface area contributed by atoms with Crippen LogP contribution in [0.1, 0.15) is 27.6 Å². The van der Waals surface area contributed by atoms with Gasteiger partial charge in [0.1, 0.15) is 11.5 Å². The number of nitrogens with zero attached hydrogens (tertiary/aromatic N) is 4. The molecule has 0 radical (unpaired) electrons. The number of nitrogens with one attached hydrogen (secondary N) is 1. The number of amides is 1. The van der Waals surface area contributed by atoms with Gasteiger partial charge in [-0.15, -0.1) is 0 Å². The molecule has 1 amide bonds. The van der Waals surface area contributed by atoms with Gasteiger partial charge in [0.2, 0.25) is 0 Å². The maximum absolute atomic E-state index is 12.5. The molecule has 8 nitrogen and oxygen atoms in total. The number of aryl methyl sites for hydroxylation is 1. The molecule has 3 heterocycles. The molecule has 1 N–H and O–H groups in total. The first-order valence-electron chi connectivity index (χ1n) is 7.37. The maximum Gasteiger partial charge on any atom is 0.273 e. The Balaban J connectivity index is 1.86. The molecule has 3 rings (SSSR count). The predicted octanol–water partition coefficient (Wildman–Crippen LogP) is -0.587. The van der Waals surface area contributed by atoms with Crippen molar-refractivity contribution in [2.75, 3.05) is 13.1 Å². The number of carbonyl (C=O) groups excluding carboxylic acids is 1. The molecule has 0 spiro atoms. The van der Waals surface area contributed by atoms with Crippen LogP contribution in [0.3, 0.4) is 0 Å². The first kappa shape index (κ1) is 15.1. The summed E-state index contributed by atoms with van der Waals surface area (Å²) in [4.78, 5) is 48.3. The zero-order valence-electron chi connectivity index (χ0n) is 13.0. The molecular weight excluding hydrogens is 298 g/mol. The summed E-state index contributed by atoms with van der Waals surface area (Å²) in [6.45, 7) is 2.68. The largest absolute Gasteiger partial charge is 0.337 e. The summed E-state index contributed by atoms with van der Waals surface area (Å²) in [7, 11) is 1.70. The van der Waals surface area contributed by atoms with Crippen molar-refractivity contribution in [2.45, 2.75) is 19.8 Å². The number of aromatic amines is 1. The Labute approximate surface area is 131 Å². The van der Waals surface area contributed by atoms with E-state index in [1.807, 2.05) is 0 Å². The fourth-order valence-electron chi connectivity index (χ4n) is 2.69. The van der Waals surface area contributed by atoms with Crippen LogP contribution in [-0.2, 0) is 19.9 Å². The van der Waals surface area contributed by atoms with Crippen LogP contribution in [0, 0.1) is 6.92 Å². The van der Waals surface area contributed by atoms with Crippen molar-refractivity contribution in [3.63, 3.8) is 0 Å². The van der Waals surface area contributed by atoms with Crippen molar-refractivity contribution in [3.8, 4) is 0 Å². The molecule has 23 heavy (non-hydrogen) atoms. The van der Waals surface area contributed by atoms with Gasteiger partial charge in [0, 0.05) is 38.3 Å². The molecule has 0 aliphatic carbocycles. The quantitative estimate of drug-likeness (QED) is 0.758. The van der Waals surface area contributed by atoms with Crippen molar-refractivity contribution in [1.29, 1.82) is 0 Å². The molecule has 0 saturated carbocycles. The van der Waals surface area contributed by atoms with E-state index in [9.17, 15) is 14.4 Å². The van der Waals surface area contributed by atoms with Crippen LogP contribution < -0.4 is 11.1 Å². The predicted molar refractivity (Wildman–Crippen MR) is 82.4 cm³/mol. The van der Waals surface area contributed by atoms with Crippen molar-refractivity contribution in [3.05, 3.63) is 55.9 Å². The summed E-state index contributed by atoms with van der Waals surface area (Å²) in [5.74, 6) is 0.401. The molecule has 0 aromatic carbocycles. The summed E-state index contributed by atoms with van der Waals surface area (Å²) in [5.41, 5.74) is 1.21. The highest BCUT2D eigenvalue weighted by Crippen LogP contribution is 2.12. The summed E-state index contributed by atoms with van der Waals surface area (Å²) >= 11 is 0. The first-order valence-corrected chi connectivity index (χ1v) is 7.37. The first-order chi connectivity index (χ1) is 11.0. The van der Waals surface area contributed by atoms with E-state index in [-0.39, 0.29) is 22.7 Å². The maximum atomic E-state index is 12.5. The van der Waals surface area contributed by atoms with Gasteiger partial charge in [-0.3, -0.25) is 19.0 Å². The monoisotopic (exact) mass is 315 g/mol. The summed E-state index contributed by atoms with van der Waals surface area (Å²) in [5, 5.41) is 0. The van der Waals surface area contributed by atoms with Crippen LogP contribution in [0.2, 0.25) is 0 Å². The Morgan fingerprint density at radius 2 is 2.00 bits per heavy atom. The van der Waals surface area contributed by atoms with Gasteiger partial charge >= 0.3 is 0 Å². The molecule has 0 saturated heterocycles. The van der Waals surface area contributed by atoms with E-state index < -0.39 is 0 Å². The number of hydrogen-bond acceptors (Lipinski definition) is 5. The lowest BCUT2D eigenvalue weighted by Gasteiger charge is -2.19. The molecule has 120 valence electrons. The second kappa shape index (κ2) is 5.79. The molecule has 0 unspecified atom stereocenters. The normalized spacial score (nSPS) is 14.3. The van der Waals surface area contributed by atoms with E-state index in [0.717, 1.165) is 11.9 Å². The number of carbonyl (C=O) groups is 1. The molecule has 8 heteroatoms. The molecule has 1 aliphatic rings. The molecule has 0 bridgehead atoms. The minimum absolute atomic E-state index is 0.0519. The van der Waals surface area contributed by atoms with Crippen LogP contribution in [0.15, 0.2) is 22.0 Å². The van der Waals surface area contributed by atoms with Gasteiger partial charge in [0.05, 0.1) is 11.9 Å². The Morgan fingerprint density at radius 1 is 1.26 bits per heavy atom. The fraction of sp³-hybridized carbons (Fsp3) is 0.400. The van der Waals surface area contributed by atoms with Crippen molar-refractivity contribution < 1.29 is 4.79 Å². The fourth-order valence-corrected chi connectivity index (χ4v) is 2.69. The molecule has 0 fully saturated rings. The Morgan fingerprint density at radius 3 is 2.70 bits per heavy atom. The van der Waals surface area contributed by atoms with E-state index in [2.05, 4.69) is 15.0 Å². The summed E-state index contributed by atoms with van der Waals surface area (Å²) in [6, 6.07) is 0. The molecule has 2 aromatic rings. The van der Waals surface area contributed by atoms with Crippen LogP contribution >= 0.6 is 0 Å². The van der Waals surface area contributed by atoms with Gasteiger partial charge < -0.3 is 9.88 Å². The molecule has 0 atom stereocenters. The van der Waals surface area contributed by atoms with E-state index in [1.54, 1.807) is 18.9 Å². The minimum Gasteiger partial charge on any atom is -0.337 e. The zero-order valence-corrected chi connectivity index (χ0v) is 13.0. The lowest BCUT2D eigenvalue weighted by Crippen LogP contribution is -2.34. The lowest BCUT2D eigenvalue weighted by molar-refractivity contribution is 0.0756. The van der Waals surface area contributed by atoms with Gasteiger partial charge in [-0.25, -0.2) is 9.97 Å². The van der Waals surface area contributed by atoms with Crippen LogP contribution in [0.25, 0.3) is 0 Å². The standard InChI is InChI=1S/C15H17N5O3/c1-9-18-11-4-6-20(5-3-10(11)14(22)19(9)2)15(23)12-7-17-13(21)8-16-12/h7-8H,3-6H2,1-2H3,(H,17,21). The van der Waals surface area contributed by atoms with E-state index in [0.29, 0.717) is 37.3 Å². The Hall–Kier alpha value is -2.77. The third-order valence-electron chi connectivity index (χ3n) is 4.12. The Kier molecular flexibility index (Phi) is 3.81. The van der Waals surface area contributed by atoms with Crippen LogP contribution in [0.4, 0.5) is 0 Å². The van der Waals surface area contributed by atoms with Crippen LogP contribution in [-0.4, -0.2) is 43.4 Å². The molecular formula is C15H17N5O3. The zero-order chi connectivity index (χ0) is 16.6. The number of aromatic nitrogens is 4. The van der Waals surface area contributed by atoms with Crippen molar-refractivity contribution >= 4 is 5.91 Å². The van der Waals surface area contributed by atoms with Gasteiger partial charge in [0.25, 0.3) is 17.0 Å². The third kappa shape index (κ3) is 2.79. The lowest BCUT2D eigenvalue weighted by atomic mass is 10.1. The second-order valence-electron chi connectivity index (χ2n) is 5.54. The smallest absolute Gasteiger partial charge is 0.273 e. The third-order valence-corrected chi connectivity index (χ3v) is 4.12. The highest BCUT2D eigenvalue weighted by atomic mass is 16.2. The minimum atomic E-state index is -0.354. The molecule has 1 aliphatic heterocycles. The van der Waals surface area contributed by atoms with E-state index >= 15 is 0 Å². The van der Waals surface area contributed by atoms with Crippen molar-refractivity contribution in [1.82, 2.24) is 24.4 Å². The van der Waals surface area contributed by atoms with Gasteiger partial charge in [-0.05, 0) is 13.3 Å². The summed E-state index contributed by atoms with van der Waals surface area (Å²) in [6.07, 6.45) is 3.39. The highest BCUT2D eigenvalue weighted by molar-refractivity contribution is 5.92. The average Bonchev–Trinajstić information content (AvgIpc) is 2.75. The van der Waals surface area contributed by atoms with Crippen LogP contribution in [0.5, 0.6) is 0 Å². The number of H-pyrrole nitrogens is 1. The number of rotatable bonds is 1. The van der Waals surface area contributed by atoms with Gasteiger partial charge in [0.15, 0.2) is 0 Å².